The number of benzene rings is 4. The molecule has 0 aliphatic heterocycles. The van der Waals surface area contributed by atoms with E-state index in [-0.39, 0.29) is 11.3 Å². The number of hydrogen-bond acceptors (Lipinski definition) is 4. The van der Waals surface area contributed by atoms with Gasteiger partial charge < -0.3 is 10.2 Å². The lowest BCUT2D eigenvalue weighted by Crippen LogP contribution is -2.04. The van der Waals surface area contributed by atoms with E-state index in [1.165, 1.54) is 30.6 Å². The summed E-state index contributed by atoms with van der Waals surface area (Å²) in [6.45, 7) is 0. The van der Waals surface area contributed by atoms with Crippen LogP contribution in [0.3, 0.4) is 0 Å². The van der Waals surface area contributed by atoms with Gasteiger partial charge in [-0.3, -0.25) is 9.98 Å². The number of para-hydroxylation sites is 4. The monoisotopic (exact) mass is 482 g/mol. The zero-order valence-electron chi connectivity index (χ0n) is 17.7. The van der Waals surface area contributed by atoms with Gasteiger partial charge in [0.25, 0.3) is 0 Å². The van der Waals surface area contributed by atoms with Gasteiger partial charge in [-0.1, -0.05) is 36.4 Å². The van der Waals surface area contributed by atoms with Crippen LogP contribution < -0.4 is 0 Å². The molecule has 4 aromatic rings. The molecule has 0 atom stereocenters. The second-order valence-electron chi connectivity index (χ2n) is 7.25. The van der Waals surface area contributed by atoms with Crippen molar-refractivity contribution in [3.05, 3.63) is 107 Å². The van der Waals surface area contributed by atoms with Crippen LogP contribution in [-0.2, 0) is 0 Å². The average Bonchev–Trinajstić information content (AvgIpc) is 2.86. The van der Waals surface area contributed by atoms with Crippen molar-refractivity contribution < 1.29 is 32.2 Å². The minimum atomic E-state index is -2.29. The highest BCUT2D eigenvalue weighted by molar-refractivity contribution is 5.92. The second-order valence-corrected chi connectivity index (χ2v) is 7.25. The molecule has 0 aromatic heterocycles. The normalized spacial score (nSPS) is 11.6. The van der Waals surface area contributed by atoms with Gasteiger partial charge in [-0.25, -0.2) is 22.0 Å². The average molecular weight is 482 g/mol. The maximum atomic E-state index is 14.3. The molecule has 0 saturated carbocycles. The summed E-state index contributed by atoms with van der Waals surface area (Å²) in [5, 5.41) is 20.4. The first kappa shape index (κ1) is 23.6. The van der Waals surface area contributed by atoms with E-state index in [4.69, 9.17) is 0 Å². The molecule has 0 radical (unpaired) electrons. The number of nitrogens with zero attached hydrogens (tertiary/aromatic N) is 2. The van der Waals surface area contributed by atoms with Gasteiger partial charge in [0, 0.05) is 29.1 Å². The molecule has 176 valence electrons. The van der Waals surface area contributed by atoms with E-state index >= 15 is 0 Å². The van der Waals surface area contributed by atoms with E-state index in [0.29, 0.717) is 16.9 Å². The molecular formula is C26H15F5N2O2. The molecule has 0 amide bonds. The van der Waals surface area contributed by atoms with Crippen LogP contribution in [0.15, 0.2) is 76.7 Å². The summed E-state index contributed by atoms with van der Waals surface area (Å²) in [6, 6.07) is 16.8. The molecule has 9 heteroatoms. The van der Waals surface area contributed by atoms with Gasteiger partial charge in [0.15, 0.2) is 23.3 Å². The quantitative estimate of drug-likeness (QED) is 0.140. The largest absolute Gasteiger partial charge is 0.507 e. The van der Waals surface area contributed by atoms with Crippen LogP contribution in [0.5, 0.6) is 11.5 Å². The maximum absolute atomic E-state index is 14.3. The van der Waals surface area contributed by atoms with E-state index < -0.39 is 46.0 Å². The van der Waals surface area contributed by atoms with Gasteiger partial charge in [0.1, 0.15) is 11.5 Å². The summed E-state index contributed by atoms with van der Waals surface area (Å²) in [5.41, 5.74) is -0.651. The third kappa shape index (κ3) is 4.61. The molecule has 4 nitrogen and oxygen atoms in total. The predicted octanol–water partition coefficient (Wildman–Crippen LogP) is 6.96. The highest BCUT2D eigenvalue weighted by atomic mass is 19.2. The Morgan fingerprint density at radius 3 is 1.63 bits per heavy atom. The minimum absolute atomic E-state index is 0.0344. The van der Waals surface area contributed by atoms with Gasteiger partial charge in [-0.2, -0.15) is 0 Å². The molecule has 0 saturated heterocycles. The van der Waals surface area contributed by atoms with Crippen LogP contribution in [0.4, 0.5) is 33.3 Å². The number of rotatable bonds is 5. The molecule has 35 heavy (non-hydrogen) atoms. The van der Waals surface area contributed by atoms with Gasteiger partial charge in [0.2, 0.25) is 5.82 Å². The summed E-state index contributed by atoms with van der Waals surface area (Å²) in [4.78, 5) is 8.55. The third-order valence-electron chi connectivity index (χ3n) is 5.05. The van der Waals surface area contributed by atoms with Crippen molar-refractivity contribution in [3.63, 3.8) is 0 Å². The SMILES string of the molecule is Oc1ccccc1C=Nc1ccccc1N=Cc1cccc(-c2c(F)c(F)c(F)c(F)c2F)c1O. The Kier molecular flexibility index (Phi) is 6.59. The molecule has 0 unspecified atom stereocenters. The van der Waals surface area contributed by atoms with Crippen LogP contribution >= 0.6 is 0 Å². The first-order chi connectivity index (χ1) is 16.8. The molecule has 0 aliphatic carbocycles. The summed E-state index contributed by atoms with van der Waals surface area (Å²) < 4.78 is 69.2. The topological polar surface area (TPSA) is 65.2 Å². The lowest BCUT2D eigenvalue weighted by Gasteiger charge is -2.11. The Bertz CT molecular complexity index is 1460. The van der Waals surface area contributed by atoms with Crippen LogP contribution in [0.1, 0.15) is 11.1 Å². The van der Waals surface area contributed by atoms with Crippen molar-refractivity contribution >= 4 is 23.8 Å². The predicted molar refractivity (Wildman–Crippen MR) is 122 cm³/mol. The lowest BCUT2D eigenvalue weighted by molar-refractivity contribution is 0.380. The standard InChI is InChI=1S/C26H15F5N2O2/c27-21-20(22(28)24(30)25(31)23(21)29)16-8-5-7-15(26(16)35)13-33-18-10-3-2-9-17(18)32-12-14-6-1-4-11-19(14)34/h1-13,34-35H. The molecule has 4 rings (SSSR count). The van der Waals surface area contributed by atoms with Gasteiger partial charge >= 0.3 is 0 Å². The number of phenolic OH excluding ortho intramolecular Hbond substituents is 2. The summed E-state index contributed by atoms with van der Waals surface area (Å²) in [7, 11) is 0. The molecule has 0 heterocycles. The molecule has 0 spiro atoms. The maximum Gasteiger partial charge on any atom is 0.200 e. The molecule has 0 fully saturated rings. The Morgan fingerprint density at radius 2 is 1.03 bits per heavy atom. The molecule has 4 aromatic carbocycles. The van der Waals surface area contributed by atoms with Crippen LogP contribution in [0.2, 0.25) is 0 Å². The molecule has 0 bridgehead atoms. The number of aromatic hydroxyl groups is 2. The summed E-state index contributed by atoms with van der Waals surface area (Å²) >= 11 is 0. The van der Waals surface area contributed by atoms with Crippen LogP contribution in [-0.4, -0.2) is 22.6 Å². The zero-order valence-corrected chi connectivity index (χ0v) is 17.7. The van der Waals surface area contributed by atoms with Crippen LogP contribution in [0.25, 0.3) is 11.1 Å². The van der Waals surface area contributed by atoms with E-state index in [9.17, 15) is 32.2 Å². The smallest absolute Gasteiger partial charge is 0.200 e. The molecule has 0 aliphatic rings. The van der Waals surface area contributed by atoms with Gasteiger partial charge in [0.05, 0.1) is 16.9 Å². The van der Waals surface area contributed by atoms with Crippen molar-refractivity contribution in [3.8, 4) is 22.6 Å². The van der Waals surface area contributed by atoms with Crippen molar-refractivity contribution in [2.45, 2.75) is 0 Å². The number of phenols is 2. The third-order valence-corrected chi connectivity index (χ3v) is 5.05. The number of hydrogen-bond donors (Lipinski definition) is 2. The van der Waals surface area contributed by atoms with E-state index in [2.05, 4.69) is 9.98 Å². The van der Waals surface area contributed by atoms with Crippen molar-refractivity contribution in [1.82, 2.24) is 0 Å². The highest BCUT2D eigenvalue weighted by Gasteiger charge is 2.28. The second kappa shape index (κ2) is 9.76. The highest BCUT2D eigenvalue weighted by Crippen LogP contribution is 2.38. The van der Waals surface area contributed by atoms with E-state index in [0.717, 1.165) is 6.07 Å². The Balaban J connectivity index is 1.72. The Morgan fingerprint density at radius 1 is 0.543 bits per heavy atom. The number of halogens is 5. The zero-order chi connectivity index (χ0) is 25.1. The minimum Gasteiger partial charge on any atom is -0.507 e. The van der Waals surface area contributed by atoms with Crippen molar-refractivity contribution in [2.75, 3.05) is 0 Å². The Labute approximate surface area is 196 Å². The van der Waals surface area contributed by atoms with Crippen LogP contribution in [0, 0.1) is 29.1 Å². The first-order valence-corrected chi connectivity index (χ1v) is 10.1. The molecule has 2 N–H and O–H groups in total. The van der Waals surface area contributed by atoms with Gasteiger partial charge in [-0.15, -0.1) is 0 Å². The fourth-order valence-electron chi connectivity index (χ4n) is 3.27. The summed E-state index contributed by atoms with van der Waals surface area (Å²) in [5.74, 6) is -11.3. The van der Waals surface area contributed by atoms with E-state index in [1.54, 1.807) is 42.5 Å². The summed E-state index contributed by atoms with van der Waals surface area (Å²) in [6.07, 6.45) is 2.60. The molecular weight excluding hydrogens is 467 g/mol. The fourth-order valence-corrected chi connectivity index (χ4v) is 3.27. The van der Waals surface area contributed by atoms with Gasteiger partial charge in [-0.05, 0) is 30.3 Å². The Hall–Kier alpha value is -4.53. The van der Waals surface area contributed by atoms with Crippen molar-refractivity contribution in [2.24, 2.45) is 9.98 Å². The lowest BCUT2D eigenvalue weighted by atomic mass is 10.00. The first-order valence-electron chi connectivity index (χ1n) is 10.1. The van der Waals surface area contributed by atoms with E-state index in [1.807, 2.05) is 0 Å². The van der Waals surface area contributed by atoms with Crippen molar-refractivity contribution in [1.29, 1.82) is 0 Å². The number of aliphatic imine (C=N–C) groups is 2. The fraction of sp³-hybridized carbons (Fsp3) is 0.